The molecule has 1 atom stereocenters. The van der Waals surface area contributed by atoms with E-state index < -0.39 is 0 Å². The van der Waals surface area contributed by atoms with Crippen molar-refractivity contribution in [2.75, 3.05) is 18.8 Å². The minimum absolute atomic E-state index is 0.0400. The van der Waals surface area contributed by atoms with Gasteiger partial charge in [0.05, 0.1) is 0 Å². The van der Waals surface area contributed by atoms with Gasteiger partial charge in [-0.15, -0.1) is 0 Å². The zero-order valence-electron chi connectivity index (χ0n) is 9.81. The molecule has 1 amide bonds. The van der Waals surface area contributed by atoms with E-state index in [4.69, 9.17) is 5.73 Å². The van der Waals surface area contributed by atoms with Gasteiger partial charge < -0.3 is 10.6 Å². The Kier molecular flexibility index (Phi) is 2.85. The highest BCUT2D eigenvalue weighted by molar-refractivity contribution is 5.93. The summed E-state index contributed by atoms with van der Waals surface area (Å²) in [4.78, 5) is 14.1. The van der Waals surface area contributed by atoms with Crippen molar-refractivity contribution in [3.05, 3.63) is 11.8 Å². The first kappa shape index (κ1) is 11.0. The minimum atomic E-state index is 0.0400. The normalized spacial score (nSPS) is 21.1. The molecule has 0 bridgehead atoms. The van der Waals surface area contributed by atoms with Crippen molar-refractivity contribution in [1.82, 2.24) is 14.7 Å². The van der Waals surface area contributed by atoms with Gasteiger partial charge in [-0.3, -0.25) is 9.48 Å². The van der Waals surface area contributed by atoms with Crippen LogP contribution in [-0.2, 0) is 7.05 Å². The topological polar surface area (TPSA) is 64.2 Å². The second-order valence-corrected chi connectivity index (χ2v) is 4.58. The van der Waals surface area contributed by atoms with Crippen LogP contribution in [0, 0.1) is 5.92 Å². The molecule has 0 unspecified atom stereocenters. The Morgan fingerprint density at radius 1 is 1.62 bits per heavy atom. The molecule has 2 N–H and O–H groups in total. The lowest BCUT2D eigenvalue weighted by Gasteiger charge is -2.30. The van der Waals surface area contributed by atoms with Gasteiger partial charge in [0.25, 0.3) is 5.91 Å². The first-order valence-electron chi connectivity index (χ1n) is 5.66. The molecule has 0 spiro atoms. The molecule has 5 nitrogen and oxygen atoms in total. The number of carbonyl (C=O) groups is 1. The fourth-order valence-electron chi connectivity index (χ4n) is 2.23. The summed E-state index contributed by atoms with van der Waals surface area (Å²) in [6.45, 7) is 3.86. The summed E-state index contributed by atoms with van der Waals surface area (Å²) in [7, 11) is 1.75. The molecule has 2 heterocycles. The van der Waals surface area contributed by atoms with Crippen molar-refractivity contribution < 1.29 is 4.79 Å². The summed E-state index contributed by atoms with van der Waals surface area (Å²) in [6.07, 6.45) is 2.29. The van der Waals surface area contributed by atoms with Crippen LogP contribution in [0.5, 0.6) is 0 Å². The number of likely N-dealkylation sites (tertiary alicyclic amines) is 1. The third-order valence-electron chi connectivity index (χ3n) is 3.06. The van der Waals surface area contributed by atoms with Gasteiger partial charge in [0.15, 0.2) is 0 Å². The zero-order valence-corrected chi connectivity index (χ0v) is 9.81. The maximum Gasteiger partial charge on any atom is 0.272 e. The lowest BCUT2D eigenvalue weighted by Crippen LogP contribution is -2.39. The van der Waals surface area contributed by atoms with Gasteiger partial charge in [-0.1, -0.05) is 6.92 Å². The molecule has 88 valence electrons. The first-order chi connectivity index (χ1) is 7.58. The summed E-state index contributed by atoms with van der Waals surface area (Å²) in [5.41, 5.74) is 6.15. The zero-order chi connectivity index (χ0) is 11.7. The number of aromatic nitrogens is 2. The molecule has 0 aliphatic carbocycles. The SMILES string of the molecule is C[C@H]1CCCN(C(=O)c2cc(N)nn2C)C1. The van der Waals surface area contributed by atoms with E-state index in [2.05, 4.69) is 12.0 Å². The Morgan fingerprint density at radius 2 is 2.38 bits per heavy atom. The standard InChI is InChI=1S/C11H18N4O/c1-8-4-3-5-15(7-8)11(16)9-6-10(12)13-14(9)2/h6,8H,3-5,7H2,1-2H3,(H2,12,13)/t8-/m0/s1. The Balaban J connectivity index is 2.15. The summed E-state index contributed by atoms with van der Waals surface area (Å²) in [5, 5.41) is 3.99. The predicted octanol–water partition coefficient (Wildman–Crippen LogP) is 0.874. The van der Waals surface area contributed by atoms with E-state index in [9.17, 15) is 4.79 Å². The van der Waals surface area contributed by atoms with Crippen molar-refractivity contribution >= 4 is 11.7 Å². The molecule has 5 heteroatoms. The van der Waals surface area contributed by atoms with Crippen LogP contribution < -0.4 is 5.73 Å². The van der Waals surface area contributed by atoms with Crippen LogP contribution in [0.15, 0.2) is 6.07 Å². The maximum absolute atomic E-state index is 12.2. The molecule has 16 heavy (non-hydrogen) atoms. The fourth-order valence-corrected chi connectivity index (χ4v) is 2.23. The van der Waals surface area contributed by atoms with Crippen molar-refractivity contribution in [3.8, 4) is 0 Å². The van der Waals surface area contributed by atoms with Crippen molar-refractivity contribution in [1.29, 1.82) is 0 Å². The molecule has 2 rings (SSSR count). The molecular formula is C11H18N4O. The molecule has 0 saturated carbocycles. The van der Waals surface area contributed by atoms with E-state index in [1.807, 2.05) is 4.90 Å². The van der Waals surface area contributed by atoms with Crippen LogP contribution in [0.1, 0.15) is 30.3 Å². The number of nitrogens with two attached hydrogens (primary N) is 1. The monoisotopic (exact) mass is 222 g/mol. The number of hydrogen-bond donors (Lipinski definition) is 1. The molecule has 0 radical (unpaired) electrons. The molecule has 1 aromatic rings. The third-order valence-corrected chi connectivity index (χ3v) is 3.06. The van der Waals surface area contributed by atoms with Gasteiger partial charge >= 0.3 is 0 Å². The van der Waals surface area contributed by atoms with Crippen molar-refractivity contribution in [2.45, 2.75) is 19.8 Å². The van der Waals surface area contributed by atoms with Crippen molar-refractivity contribution in [3.63, 3.8) is 0 Å². The summed E-state index contributed by atoms with van der Waals surface area (Å²) in [6, 6.07) is 1.64. The number of carbonyl (C=O) groups excluding carboxylic acids is 1. The molecule has 1 aliphatic heterocycles. The first-order valence-corrected chi connectivity index (χ1v) is 5.66. The van der Waals surface area contributed by atoms with Crippen LogP contribution in [0.2, 0.25) is 0 Å². The van der Waals surface area contributed by atoms with Gasteiger partial charge in [-0.05, 0) is 18.8 Å². The number of amides is 1. The van der Waals surface area contributed by atoms with E-state index in [0.717, 1.165) is 19.5 Å². The van der Waals surface area contributed by atoms with E-state index >= 15 is 0 Å². The number of hydrogen-bond acceptors (Lipinski definition) is 3. The van der Waals surface area contributed by atoms with Gasteiger partial charge in [-0.2, -0.15) is 5.10 Å². The number of nitrogen functional groups attached to an aromatic ring is 1. The second-order valence-electron chi connectivity index (χ2n) is 4.58. The summed E-state index contributed by atoms with van der Waals surface area (Å²) in [5.74, 6) is 1.03. The molecular weight excluding hydrogens is 204 g/mol. The van der Waals surface area contributed by atoms with E-state index in [-0.39, 0.29) is 5.91 Å². The highest BCUT2D eigenvalue weighted by atomic mass is 16.2. The predicted molar refractivity (Wildman–Crippen MR) is 61.9 cm³/mol. The average Bonchev–Trinajstić information content (AvgIpc) is 2.57. The third kappa shape index (κ3) is 2.03. The molecule has 1 aliphatic rings. The van der Waals surface area contributed by atoms with E-state index in [1.54, 1.807) is 17.8 Å². The van der Waals surface area contributed by atoms with Gasteiger partial charge in [0, 0.05) is 26.2 Å². The van der Waals surface area contributed by atoms with Crippen LogP contribution in [-0.4, -0.2) is 33.7 Å². The number of rotatable bonds is 1. The maximum atomic E-state index is 12.2. The number of nitrogens with zero attached hydrogens (tertiary/aromatic N) is 3. The minimum Gasteiger partial charge on any atom is -0.382 e. The van der Waals surface area contributed by atoms with Crippen LogP contribution in [0.4, 0.5) is 5.82 Å². The number of aryl methyl sites for hydroxylation is 1. The van der Waals surface area contributed by atoms with E-state index in [0.29, 0.717) is 17.4 Å². The average molecular weight is 222 g/mol. The van der Waals surface area contributed by atoms with Gasteiger partial charge in [-0.25, -0.2) is 0 Å². The molecule has 1 aromatic heterocycles. The highest BCUT2D eigenvalue weighted by Gasteiger charge is 2.24. The Bertz CT molecular complexity index is 399. The highest BCUT2D eigenvalue weighted by Crippen LogP contribution is 2.18. The van der Waals surface area contributed by atoms with E-state index in [1.165, 1.54) is 6.42 Å². The lowest BCUT2D eigenvalue weighted by molar-refractivity contribution is 0.0672. The fraction of sp³-hybridized carbons (Fsp3) is 0.636. The van der Waals surface area contributed by atoms with Crippen molar-refractivity contribution in [2.24, 2.45) is 13.0 Å². The van der Waals surface area contributed by atoms with Crippen LogP contribution in [0.3, 0.4) is 0 Å². The van der Waals surface area contributed by atoms with Crippen LogP contribution in [0.25, 0.3) is 0 Å². The molecule has 1 fully saturated rings. The number of anilines is 1. The van der Waals surface area contributed by atoms with Gasteiger partial charge in [0.1, 0.15) is 11.5 Å². The summed E-state index contributed by atoms with van der Waals surface area (Å²) < 4.78 is 1.55. The quantitative estimate of drug-likeness (QED) is 0.767. The molecule has 1 saturated heterocycles. The largest absolute Gasteiger partial charge is 0.382 e. The smallest absolute Gasteiger partial charge is 0.272 e. The Hall–Kier alpha value is -1.52. The molecule has 0 aromatic carbocycles. The lowest BCUT2D eigenvalue weighted by atomic mass is 10.00. The Labute approximate surface area is 95.2 Å². The second kappa shape index (κ2) is 4.15. The summed E-state index contributed by atoms with van der Waals surface area (Å²) >= 11 is 0. The van der Waals surface area contributed by atoms with Crippen LogP contribution >= 0.6 is 0 Å². The number of piperidine rings is 1. The Morgan fingerprint density at radius 3 is 2.94 bits per heavy atom. The van der Waals surface area contributed by atoms with Gasteiger partial charge in [0.2, 0.25) is 0 Å².